The first-order valence-electron chi connectivity index (χ1n) is 3.94. The standard InChI is InChI=1S/C10H11NO/c1-7-4-3-5-8-6-9(12)11(2)10(7)8/h3-6,12H,1-2H3. The molecule has 62 valence electrons. The van der Waals surface area contributed by atoms with Gasteiger partial charge in [0.15, 0.2) is 5.88 Å². The number of para-hydroxylation sites is 1. The molecule has 2 rings (SSSR count). The highest BCUT2D eigenvalue weighted by atomic mass is 16.3. The van der Waals surface area contributed by atoms with E-state index in [2.05, 4.69) is 0 Å². The van der Waals surface area contributed by atoms with Crippen molar-refractivity contribution in [2.75, 3.05) is 0 Å². The molecule has 0 unspecified atom stereocenters. The van der Waals surface area contributed by atoms with Crippen molar-refractivity contribution >= 4 is 10.9 Å². The van der Waals surface area contributed by atoms with Crippen LogP contribution in [-0.4, -0.2) is 9.67 Å². The summed E-state index contributed by atoms with van der Waals surface area (Å²) < 4.78 is 1.80. The first-order valence-corrected chi connectivity index (χ1v) is 3.94. The number of aryl methyl sites for hydroxylation is 2. The van der Waals surface area contributed by atoms with Crippen molar-refractivity contribution in [1.82, 2.24) is 4.57 Å². The van der Waals surface area contributed by atoms with Crippen LogP contribution in [0.15, 0.2) is 24.3 Å². The lowest BCUT2D eigenvalue weighted by Gasteiger charge is -2.00. The van der Waals surface area contributed by atoms with E-state index >= 15 is 0 Å². The largest absolute Gasteiger partial charge is 0.494 e. The van der Waals surface area contributed by atoms with Gasteiger partial charge in [0.05, 0.1) is 5.52 Å². The summed E-state index contributed by atoms with van der Waals surface area (Å²) in [5, 5.41) is 10.5. The van der Waals surface area contributed by atoms with Crippen molar-refractivity contribution in [3.05, 3.63) is 29.8 Å². The van der Waals surface area contributed by atoms with Gasteiger partial charge >= 0.3 is 0 Å². The summed E-state index contributed by atoms with van der Waals surface area (Å²) in [6.45, 7) is 2.04. The molecule has 1 aromatic heterocycles. The molecule has 1 N–H and O–H groups in total. The first-order chi connectivity index (χ1) is 5.70. The summed E-state index contributed by atoms with van der Waals surface area (Å²) in [6, 6.07) is 7.82. The lowest BCUT2D eigenvalue weighted by Crippen LogP contribution is -1.87. The Bertz CT molecular complexity index is 429. The molecule has 0 radical (unpaired) electrons. The van der Waals surface area contributed by atoms with Crippen LogP contribution in [0.3, 0.4) is 0 Å². The smallest absolute Gasteiger partial charge is 0.191 e. The van der Waals surface area contributed by atoms with Crippen LogP contribution < -0.4 is 0 Å². The molecular formula is C10H11NO. The molecule has 2 nitrogen and oxygen atoms in total. The summed E-state index contributed by atoms with van der Waals surface area (Å²) in [4.78, 5) is 0. The van der Waals surface area contributed by atoms with Gasteiger partial charge in [-0.25, -0.2) is 0 Å². The molecule has 2 aromatic rings. The normalized spacial score (nSPS) is 10.8. The van der Waals surface area contributed by atoms with E-state index in [1.165, 1.54) is 5.56 Å². The molecule has 0 atom stereocenters. The Morgan fingerprint density at radius 1 is 1.33 bits per heavy atom. The Balaban J connectivity index is 2.97. The number of fused-ring (bicyclic) bond motifs is 1. The predicted molar refractivity (Wildman–Crippen MR) is 49.3 cm³/mol. The molecule has 1 aromatic carbocycles. The van der Waals surface area contributed by atoms with Gasteiger partial charge in [-0.05, 0) is 12.5 Å². The Morgan fingerprint density at radius 2 is 2.08 bits per heavy atom. The van der Waals surface area contributed by atoms with Crippen LogP contribution in [0.5, 0.6) is 5.88 Å². The summed E-state index contributed by atoms with van der Waals surface area (Å²) in [6.07, 6.45) is 0. The third kappa shape index (κ3) is 0.811. The van der Waals surface area contributed by atoms with Gasteiger partial charge in [-0.1, -0.05) is 18.2 Å². The van der Waals surface area contributed by atoms with Gasteiger partial charge in [-0.15, -0.1) is 0 Å². The van der Waals surface area contributed by atoms with E-state index in [1.807, 2.05) is 32.2 Å². The highest BCUT2D eigenvalue weighted by Gasteiger charge is 2.04. The lowest BCUT2D eigenvalue weighted by atomic mass is 10.2. The third-order valence-electron chi connectivity index (χ3n) is 2.23. The fourth-order valence-electron chi connectivity index (χ4n) is 1.61. The number of hydrogen-bond acceptors (Lipinski definition) is 1. The van der Waals surface area contributed by atoms with Gasteiger partial charge in [0.2, 0.25) is 0 Å². The van der Waals surface area contributed by atoms with Crippen LogP contribution in [0.25, 0.3) is 10.9 Å². The molecule has 2 heteroatoms. The number of rotatable bonds is 0. The van der Waals surface area contributed by atoms with E-state index in [0.717, 1.165) is 10.9 Å². The molecule has 0 aliphatic heterocycles. The van der Waals surface area contributed by atoms with Crippen molar-refractivity contribution in [3.63, 3.8) is 0 Å². The quantitative estimate of drug-likeness (QED) is 0.629. The second kappa shape index (κ2) is 2.27. The van der Waals surface area contributed by atoms with Gasteiger partial charge < -0.3 is 9.67 Å². The van der Waals surface area contributed by atoms with E-state index in [4.69, 9.17) is 0 Å². The van der Waals surface area contributed by atoms with E-state index in [0.29, 0.717) is 5.88 Å². The maximum atomic E-state index is 9.43. The molecule has 0 amide bonds. The third-order valence-corrected chi connectivity index (χ3v) is 2.23. The number of hydrogen-bond donors (Lipinski definition) is 1. The highest BCUT2D eigenvalue weighted by molar-refractivity contribution is 5.85. The van der Waals surface area contributed by atoms with Crippen LogP contribution in [-0.2, 0) is 7.05 Å². The van der Waals surface area contributed by atoms with E-state index in [9.17, 15) is 5.11 Å². The van der Waals surface area contributed by atoms with Crippen LogP contribution in [0.4, 0.5) is 0 Å². The number of benzene rings is 1. The fourth-order valence-corrected chi connectivity index (χ4v) is 1.61. The van der Waals surface area contributed by atoms with Crippen molar-refractivity contribution in [1.29, 1.82) is 0 Å². The Morgan fingerprint density at radius 3 is 2.75 bits per heavy atom. The minimum Gasteiger partial charge on any atom is -0.494 e. The minimum atomic E-state index is 0.319. The molecular weight excluding hydrogens is 150 g/mol. The van der Waals surface area contributed by atoms with E-state index in [-0.39, 0.29) is 0 Å². The Kier molecular flexibility index (Phi) is 1.37. The SMILES string of the molecule is Cc1cccc2cc(O)n(C)c12. The number of aromatic nitrogens is 1. The zero-order valence-electron chi connectivity index (χ0n) is 7.20. The van der Waals surface area contributed by atoms with Crippen LogP contribution in [0.1, 0.15) is 5.56 Å². The lowest BCUT2D eigenvalue weighted by molar-refractivity contribution is 0.435. The molecule has 0 bridgehead atoms. The molecule has 0 saturated heterocycles. The summed E-state index contributed by atoms with van der Waals surface area (Å²) >= 11 is 0. The maximum Gasteiger partial charge on any atom is 0.191 e. The predicted octanol–water partition coefficient (Wildman–Crippen LogP) is 2.19. The molecule has 0 spiro atoms. The molecule has 0 fully saturated rings. The average molecular weight is 161 g/mol. The number of aromatic hydroxyl groups is 1. The molecule has 12 heavy (non-hydrogen) atoms. The summed E-state index contributed by atoms with van der Waals surface area (Å²) in [5.74, 6) is 0.319. The van der Waals surface area contributed by atoms with Crippen LogP contribution in [0.2, 0.25) is 0 Å². The fraction of sp³-hybridized carbons (Fsp3) is 0.200. The van der Waals surface area contributed by atoms with Crippen molar-refractivity contribution in [2.24, 2.45) is 7.05 Å². The first kappa shape index (κ1) is 7.22. The molecule has 0 aliphatic carbocycles. The van der Waals surface area contributed by atoms with Crippen molar-refractivity contribution in [2.45, 2.75) is 6.92 Å². The Hall–Kier alpha value is -1.44. The highest BCUT2D eigenvalue weighted by Crippen LogP contribution is 2.25. The second-order valence-electron chi connectivity index (χ2n) is 3.07. The van der Waals surface area contributed by atoms with Crippen molar-refractivity contribution in [3.8, 4) is 5.88 Å². The van der Waals surface area contributed by atoms with Crippen LogP contribution >= 0.6 is 0 Å². The van der Waals surface area contributed by atoms with Gasteiger partial charge in [-0.3, -0.25) is 0 Å². The van der Waals surface area contributed by atoms with Gasteiger partial charge in [-0.2, -0.15) is 0 Å². The monoisotopic (exact) mass is 161 g/mol. The minimum absolute atomic E-state index is 0.319. The van der Waals surface area contributed by atoms with Crippen molar-refractivity contribution < 1.29 is 5.11 Å². The summed E-state index contributed by atoms with van der Waals surface area (Å²) in [5.41, 5.74) is 2.30. The zero-order chi connectivity index (χ0) is 8.72. The zero-order valence-corrected chi connectivity index (χ0v) is 7.20. The maximum absolute atomic E-state index is 9.43. The molecule has 0 saturated carbocycles. The van der Waals surface area contributed by atoms with Gasteiger partial charge in [0.25, 0.3) is 0 Å². The Labute approximate surface area is 71.1 Å². The average Bonchev–Trinajstić information content (AvgIpc) is 2.29. The molecule has 0 aliphatic rings. The van der Waals surface area contributed by atoms with E-state index in [1.54, 1.807) is 10.6 Å². The second-order valence-corrected chi connectivity index (χ2v) is 3.07. The van der Waals surface area contributed by atoms with E-state index < -0.39 is 0 Å². The van der Waals surface area contributed by atoms with Gasteiger partial charge in [0, 0.05) is 18.5 Å². The molecule has 1 heterocycles. The number of nitrogens with zero attached hydrogens (tertiary/aromatic N) is 1. The van der Waals surface area contributed by atoms with Crippen LogP contribution in [0, 0.1) is 6.92 Å². The summed E-state index contributed by atoms with van der Waals surface area (Å²) in [7, 11) is 1.87. The topological polar surface area (TPSA) is 25.2 Å². The van der Waals surface area contributed by atoms with Gasteiger partial charge in [0.1, 0.15) is 0 Å².